The van der Waals surface area contributed by atoms with Crippen LogP contribution >= 0.6 is 0 Å². The van der Waals surface area contributed by atoms with Gasteiger partial charge in [0.25, 0.3) is 0 Å². The summed E-state index contributed by atoms with van der Waals surface area (Å²) in [6.45, 7) is 5.12. The Bertz CT molecular complexity index is 587. The van der Waals surface area contributed by atoms with Crippen LogP contribution in [0.15, 0.2) is 24.5 Å². The summed E-state index contributed by atoms with van der Waals surface area (Å²) in [5.74, 6) is -0.580. The van der Waals surface area contributed by atoms with Crippen molar-refractivity contribution in [1.82, 2.24) is 9.55 Å². The normalized spacial score (nSPS) is 10.6. The third kappa shape index (κ3) is 1.86. The van der Waals surface area contributed by atoms with Gasteiger partial charge in [-0.2, -0.15) is 0 Å². The predicted octanol–water partition coefficient (Wildman–Crippen LogP) is 2.83. The summed E-state index contributed by atoms with van der Waals surface area (Å²) in [6.07, 6.45) is 1.54. The molecule has 0 fully saturated rings. The SMILES string of the molecule is CC(=O)c1cccc(F)c1-n1cnc(C)c1C. The van der Waals surface area contributed by atoms with Crippen molar-refractivity contribution in [3.63, 3.8) is 0 Å². The third-order valence-corrected chi connectivity index (χ3v) is 2.86. The summed E-state index contributed by atoms with van der Waals surface area (Å²) >= 11 is 0. The van der Waals surface area contributed by atoms with Crippen molar-refractivity contribution >= 4 is 5.78 Å². The number of rotatable bonds is 2. The van der Waals surface area contributed by atoms with Crippen LogP contribution in [0, 0.1) is 19.7 Å². The van der Waals surface area contributed by atoms with E-state index in [0.717, 1.165) is 11.4 Å². The van der Waals surface area contributed by atoms with Crippen LogP contribution in [0.5, 0.6) is 0 Å². The van der Waals surface area contributed by atoms with E-state index in [1.54, 1.807) is 10.6 Å². The van der Waals surface area contributed by atoms with Crippen molar-refractivity contribution in [2.45, 2.75) is 20.8 Å². The van der Waals surface area contributed by atoms with E-state index in [2.05, 4.69) is 4.98 Å². The average Bonchev–Trinajstić information content (AvgIpc) is 2.60. The van der Waals surface area contributed by atoms with E-state index in [-0.39, 0.29) is 11.5 Å². The Labute approximate surface area is 98.9 Å². The molecule has 0 bridgehead atoms. The summed E-state index contributed by atoms with van der Waals surface area (Å²) < 4.78 is 15.5. The molecule has 0 atom stereocenters. The molecule has 88 valence electrons. The molecule has 0 aliphatic heterocycles. The number of Topliss-reactive ketones (excluding diaryl/α,β-unsaturated/α-hetero) is 1. The summed E-state index contributed by atoms with van der Waals surface area (Å²) in [5.41, 5.74) is 2.30. The van der Waals surface area contributed by atoms with Gasteiger partial charge in [0.05, 0.1) is 17.7 Å². The second-order valence-electron chi connectivity index (χ2n) is 3.98. The van der Waals surface area contributed by atoms with Crippen LogP contribution in [0.4, 0.5) is 4.39 Å². The number of ketones is 1. The molecule has 0 saturated heterocycles. The Morgan fingerprint density at radius 2 is 2.06 bits per heavy atom. The molecule has 0 unspecified atom stereocenters. The van der Waals surface area contributed by atoms with Gasteiger partial charge in [0, 0.05) is 11.3 Å². The van der Waals surface area contributed by atoms with Crippen molar-refractivity contribution in [2.24, 2.45) is 0 Å². The van der Waals surface area contributed by atoms with Crippen LogP contribution in [0.2, 0.25) is 0 Å². The maximum absolute atomic E-state index is 13.9. The van der Waals surface area contributed by atoms with Gasteiger partial charge in [0.1, 0.15) is 5.82 Å². The van der Waals surface area contributed by atoms with Crippen molar-refractivity contribution in [2.75, 3.05) is 0 Å². The molecule has 1 aromatic heterocycles. The van der Waals surface area contributed by atoms with Gasteiger partial charge in [-0.15, -0.1) is 0 Å². The molecule has 2 rings (SSSR count). The van der Waals surface area contributed by atoms with E-state index in [4.69, 9.17) is 0 Å². The molecule has 0 spiro atoms. The number of halogens is 1. The molecule has 1 aromatic carbocycles. The van der Waals surface area contributed by atoms with E-state index in [1.165, 1.54) is 25.4 Å². The minimum atomic E-state index is -0.418. The lowest BCUT2D eigenvalue weighted by Crippen LogP contribution is -2.06. The van der Waals surface area contributed by atoms with Crippen LogP contribution < -0.4 is 0 Å². The first kappa shape index (κ1) is 11.5. The summed E-state index contributed by atoms with van der Waals surface area (Å²) in [4.78, 5) is 15.6. The van der Waals surface area contributed by atoms with E-state index < -0.39 is 5.82 Å². The van der Waals surface area contributed by atoms with E-state index in [1.807, 2.05) is 13.8 Å². The van der Waals surface area contributed by atoms with Gasteiger partial charge >= 0.3 is 0 Å². The topological polar surface area (TPSA) is 34.9 Å². The monoisotopic (exact) mass is 232 g/mol. The van der Waals surface area contributed by atoms with E-state index >= 15 is 0 Å². The quantitative estimate of drug-likeness (QED) is 0.746. The highest BCUT2D eigenvalue weighted by Gasteiger charge is 2.16. The first-order valence-electron chi connectivity index (χ1n) is 5.32. The fourth-order valence-electron chi connectivity index (χ4n) is 1.77. The Morgan fingerprint density at radius 3 is 2.59 bits per heavy atom. The highest BCUT2D eigenvalue weighted by atomic mass is 19.1. The van der Waals surface area contributed by atoms with Crippen molar-refractivity contribution in [1.29, 1.82) is 0 Å². The molecule has 2 aromatic rings. The largest absolute Gasteiger partial charge is 0.300 e. The molecule has 3 nitrogen and oxygen atoms in total. The Balaban J connectivity index is 2.74. The highest BCUT2D eigenvalue weighted by Crippen LogP contribution is 2.22. The maximum atomic E-state index is 13.9. The number of imidazole rings is 1. The Kier molecular flexibility index (Phi) is 2.79. The number of hydrogen-bond donors (Lipinski definition) is 0. The Hall–Kier alpha value is -1.97. The maximum Gasteiger partial charge on any atom is 0.162 e. The minimum Gasteiger partial charge on any atom is -0.300 e. The lowest BCUT2D eigenvalue weighted by molar-refractivity contribution is 0.101. The van der Waals surface area contributed by atoms with E-state index in [9.17, 15) is 9.18 Å². The van der Waals surface area contributed by atoms with Gasteiger partial charge in [0.2, 0.25) is 0 Å². The molecule has 0 aliphatic carbocycles. The molecule has 0 saturated carbocycles. The standard InChI is InChI=1S/C13H13FN2O/c1-8-9(2)16(7-15-8)13-11(10(3)17)5-4-6-12(13)14/h4-7H,1-3H3. The predicted molar refractivity (Wildman–Crippen MR) is 63.0 cm³/mol. The third-order valence-electron chi connectivity index (χ3n) is 2.86. The second kappa shape index (κ2) is 4.13. The number of aromatic nitrogens is 2. The first-order chi connectivity index (χ1) is 8.02. The number of aryl methyl sites for hydroxylation is 1. The van der Waals surface area contributed by atoms with Gasteiger partial charge in [-0.05, 0) is 32.9 Å². The number of benzene rings is 1. The molecule has 0 N–H and O–H groups in total. The molecular formula is C13H13FN2O. The lowest BCUT2D eigenvalue weighted by Gasteiger charge is -2.11. The second-order valence-corrected chi connectivity index (χ2v) is 3.98. The fourth-order valence-corrected chi connectivity index (χ4v) is 1.77. The molecule has 0 amide bonds. The number of hydrogen-bond acceptors (Lipinski definition) is 2. The van der Waals surface area contributed by atoms with Crippen molar-refractivity contribution in [3.8, 4) is 5.69 Å². The molecule has 1 heterocycles. The fraction of sp³-hybridized carbons (Fsp3) is 0.231. The molecule has 0 radical (unpaired) electrons. The van der Waals surface area contributed by atoms with Crippen molar-refractivity contribution < 1.29 is 9.18 Å². The zero-order valence-corrected chi connectivity index (χ0v) is 9.99. The Morgan fingerprint density at radius 1 is 1.35 bits per heavy atom. The van der Waals surface area contributed by atoms with Crippen LogP contribution in [-0.2, 0) is 0 Å². The highest BCUT2D eigenvalue weighted by molar-refractivity contribution is 5.97. The van der Waals surface area contributed by atoms with E-state index in [0.29, 0.717) is 5.56 Å². The smallest absolute Gasteiger partial charge is 0.162 e. The van der Waals surface area contributed by atoms with Crippen LogP contribution in [0.1, 0.15) is 28.7 Å². The summed E-state index contributed by atoms with van der Waals surface area (Å²) in [5, 5.41) is 0. The zero-order chi connectivity index (χ0) is 12.6. The molecular weight excluding hydrogens is 219 g/mol. The first-order valence-corrected chi connectivity index (χ1v) is 5.32. The van der Waals surface area contributed by atoms with Crippen LogP contribution in [0.3, 0.4) is 0 Å². The summed E-state index contributed by atoms with van der Waals surface area (Å²) in [7, 11) is 0. The zero-order valence-electron chi connectivity index (χ0n) is 9.99. The average molecular weight is 232 g/mol. The number of nitrogens with zero attached hydrogens (tertiary/aromatic N) is 2. The molecule has 17 heavy (non-hydrogen) atoms. The van der Waals surface area contributed by atoms with Gasteiger partial charge < -0.3 is 0 Å². The number of carbonyl (C=O) groups is 1. The van der Waals surface area contributed by atoms with Gasteiger partial charge in [-0.1, -0.05) is 6.07 Å². The van der Waals surface area contributed by atoms with Gasteiger partial charge in [-0.25, -0.2) is 9.37 Å². The minimum absolute atomic E-state index is 0.162. The van der Waals surface area contributed by atoms with Crippen molar-refractivity contribution in [3.05, 3.63) is 47.3 Å². The van der Waals surface area contributed by atoms with Crippen LogP contribution in [-0.4, -0.2) is 15.3 Å². The van der Waals surface area contributed by atoms with Crippen LogP contribution in [0.25, 0.3) is 5.69 Å². The van der Waals surface area contributed by atoms with Gasteiger partial charge in [-0.3, -0.25) is 9.36 Å². The number of para-hydroxylation sites is 1. The molecule has 4 heteroatoms. The molecule has 0 aliphatic rings. The number of carbonyl (C=O) groups excluding carboxylic acids is 1. The lowest BCUT2D eigenvalue weighted by atomic mass is 10.1. The van der Waals surface area contributed by atoms with Gasteiger partial charge in [0.15, 0.2) is 5.78 Å². The summed E-state index contributed by atoms with van der Waals surface area (Å²) in [6, 6.07) is 4.50.